The monoisotopic (exact) mass is 269 g/mol. The first-order valence-corrected chi connectivity index (χ1v) is 6.86. The molecule has 0 saturated carbocycles. The van der Waals surface area contributed by atoms with Gasteiger partial charge in [-0.15, -0.1) is 11.3 Å². The van der Waals surface area contributed by atoms with Gasteiger partial charge in [0.15, 0.2) is 6.61 Å². The SMILES string of the molecule is N#CCOC(=O)c1cc2c(s1)-c1ccccc1CC2. The van der Waals surface area contributed by atoms with E-state index in [-0.39, 0.29) is 6.61 Å². The number of hydrogen-bond donors (Lipinski definition) is 0. The molecule has 94 valence electrons. The number of carbonyl (C=O) groups excluding carboxylic acids is 1. The van der Waals surface area contributed by atoms with Crippen LogP contribution in [0.2, 0.25) is 0 Å². The van der Waals surface area contributed by atoms with E-state index in [4.69, 9.17) is 10.00 Å². The van der Waals surface area contributed by atoms with Crippen LogP contribution in [0.1, 0.15) is 20.8 Å². The zero-order valence-electron chi connectivity index (χ0n) is 10.2. The van der Waals surface area contributed by atoms with E-state index in [1.807, 2.05) is 24.3 Å². The molecule has 0 spiro atoms. The number of aryl methyl sites for hydroxylation is 2. The van der Waals surface area contributed by atoms with Gasteiger partial charge < -0.3 is 4.74 Å². The van der Waals surface area contributed by atoms with Gasteiger partial charge in [-0.3, -0.25) is 0 Å². The number of esters is 1. The Kier molecular flexibility index (Phi) is 3.06. The number of benzene rings is 1. The molecule has 0 fully saturated rings. The highest BCUT2D eigenvalue weighted by atomic mass is 32.1. The largest absolute Gasteiger partial charge is 0.446 e. The van der Waals surface area contributed by atoms with Gasteiger partial charge in [-0.25, -0.2) is 4.79 Å². The minimum Gasteiger partial charge on any atom is -0.446 e. The summed E-state index contributed by atoms with van der Waals surface area (Å²) in [5.74, 6) is -0.404. The molecule has 4 heteroatoms. The van der Waals surface area contributed by atoms with Crippen molar-refractivity contribution in [2.75, 3.05) is 6.61 Å². The Morgan fingerprint density at radius 3 is 2.95 bits per heavy atom. The van der Waals surface area contributed by atoms with Gasteiger partial charge in [0.2, 0.25) is 0 Å². The Bertz CT molecular complexity index is 682. The Balaban J connectivity index is 1.97. The summed E-state index contributed by atoms with van der Waals surface area (Å²) in [7, 11) is 0. The Morgan fingerprint density at radius 2 is 2.11 bits per heavy atom. The number of ether oxygens (including phenoxy) is 1. The fourth-order valence-corrected chi connectivity index (χ4v) is 3.51. The quantitative estimate of drug-likeness (QED) is 0.787. The molecular formula is C15H11NO2S. The van der Waals surface area contributed by atoms with Gasteiger partial charge in [0.1, 0.15) is 10.9 Å². The van der Waals surface area contributed by atoms with Crippen molar-refractivity contribution in [2.45, 2.75) is 12.8 Å². The first kappa shape index (κ1) is 11.9. The number of rotatable bonds is 2. The van der Waals surface area contributed by atoms with Crippen LogP contribution in [0.25, 0.3) is 10.4 Å². The topological polar surface area (TPSA) is 50.1 Å². The maximum Gasteiger partial charge on any atom is 0.349 e. The summed E-state index contributed by atoms with van der Waals surface area (Å²) in [6.45, 7) is -0.196. The third-order valence-electron chi connectivity index (χ3n) is 3.20. The van der Waals surface area contributed by atoms with Gasteiger partial charge in [0.05, 0.1) is 0 Å². The molecule has 1 heterocycles. The van der Waals surface area contributed by atoms with Crippen molar-refractivity contribution in [1.82, 2.24) is 0 Å². The van der Waals surface area contributed by atoms with E-state index in [1.165, 1.54) is 28.0 Å². The van der Waals surface area contributed by atoms with E-state index in [0.717, 1.165) is 17.7 Å². The molecule has 0 radical (unpaired) electrons. The molecule has 1 aromatic carbocycles. The van der Waals surface area contributed by atoms with Gasteiger partial charge in [-0.2, -0.15) is 5.26 Å². The van der Waals surface area contributed by atoms with Crippen molar-refractivity contribution in [1.29, 1.82) is 5.26 Å². The number of nitrogens with zero attached hydrogens (tertiary/aromatic N) is 1. The average Bonchev–Trinajstić information content (AvgIpc) is 2.89. The maximum absolute atomic E-state index is 11.8. The lowest BCUT2D eigenvalue weighted by Crippen LogP contribution is -2.02. The molecule has 0 bridgehead atoms. The molecule has 0 N–H and O–H groups in total. The second kappa shape index (κ2) is 4.87. The molecule has 1 aromatic heterocycles. The summed E-state index contributed by atoms with van der Waals surface area (Å²) in [4.78, 5) is 13.5. The van der Waals surface area contributed by atoms with E-state index in [0.29, 0.717) is 4.88 Å². The van der Waals surface area contributed by atoms with E-state index in [1.54, 1.807) is 0 Å². The highest BCUT2D eigenvalue weighted by Gasteiger charge is 2.21. The maximum atomic E-state index is 11.8. The number of hydrogen-bond acceptors (Lipinski definition) is 4. The molecule has 0 atom stereocenters. The van der Waals surface area contributed by atoms with Gasteiger partial charge >= 0.3 is 5.97 Å². The molecule has 0 saturated heterocycles. The average molecular weight is 269 g/mol. The summed E-state index contributed by atoms with van der Waals surface area (Å²) in [5, 5.41) is 8.43. The normalized spacial score (nSPS) is 12.2. The fourth-order valence-electron chi connectivity index (χ4n) is 2.34. The lowest BCUT2D eigenvalue weighted by atomic mass is 9.91. The molecule has 1 aliphatic rings. The van der Waals surface area contributed by atoms with Crippen LogP contribution in [0.4, 0.5) is 0 Å². The van der Waals surface area contributed by atoms with E-state index < -0.39 is 5.97 Å². The molecule has 3 rings (SSSR count). The lowest BCUT2D eigenvalue weighted by molar-refractivity contribution is 0.0560. The van der Waals surface area contributed by atoms with Crippen molar-refractivity contribution in [2.24, 2.45) is 0 Å². The second-order valence-corrected chi connectivity index (χ2v) is 5.41. The first-order valence-electron chi connectivity index (χ1n) is 6.04. The van der Waals surface area contributed by atoms with Gasteiger partial charge in [-0.1, -0.05) is 24.3 Å². The zero-order valence-corrected chi connectivity index (χ0v) is 11.0. The Morgan fingerprint density at radius 1 is 1.32 bits per heavy atom. The van der Waals surface area contributed by atoms with Gasteiger partial charge in [-0.05, 0) is 35.6 Å². The minimum absolute atomic E-state index is 0.196. The van der Waals surface area contributed by atoms with Crippen LogP contribution in [0.5, 0.6) is 0 Å². The van der Waals surface area contributed by atoms with Crippen LogP contribution >= 0.6 is 11.3 Å². The van der Waals surface area contributed by atoms with E-state index in [9.17, 15) is 4.79 Å². The smallest absolute Gasteiger partial charge is 0.349 e. The Labute approximate surface area is 115 Å². The van der Waals surface area contributed by atoms with Crippen LogP contribution in [0, 0.1) is 11.3 Å². The summed E-state index contributed by atoms with van der Waals surface area (Å²) in [5.41, 5.74) is 3.74. The van der Waals surface area contributed by atoms with Crippen molar-refractivity contribution in [3.05, 3.63) is 46.3 Å². The Hall–Kier alpha value is -2.12. The van der Waals surface area contributed by atoms with Crippen LogP contribution in [-0.2, 0) is 17.6 Å². The van der Waals surface area contributed by atoms with Crippen molar-refractivity contribution in [3.8, 4) is 16.5 Å². The van der Waals surface area contributed by atoms with E-state index >= 15 is 0 Å². The fraction of sp³-hybridized carbons (Fsp3) is 0.200. The standard InChI is InChI=1S/C15H11NO2S/c16-7-8-18-15(17)13-9-11-6-5-10-3-1-2-4-12(10)14(11)19-13/h1-4,9H,5-6,8H2. The summed E-state index contributed by atoms with van der Waals surface area (Å²) >= 11 is 1.45. The molecule has 0 amide bonds. The number of fused-ring (bicyclic) bond motifs is 3. The molecule has 3 nitrogen and oxygen atoms in total. The third kappa shape index (κ3) is 2.13. The van der Waals surface area contributed by atoms with Gasteiger partial charge in [0.25, 0.3) is 0 Å². The molecule has 0 unspecified atom stereocenters. The lowest BCUT2D eigenvalue weighted by Gasteiger charge is -2.15. The second-order valence-electron chi connectivity index (χ2n) is 4.36. The molecular weight excluding hydrogens is 258 g/mol. The predicted molar refractivity (Wildman–Crippen MR) is 73.1 cm³/mol. The minimum atomic E-state index is -0.404. The van der Waals surface area contributed by atoms with Crippen molar-refractivity contribution in [3.63, 3.8) is 0 Å². The number of carbonyl (C=O) groups is 1. The van der Waals surface area contributed by atoms with Crippen LogP contribution in [-0.4, -0.2) is 12.6 Å². The highest BCUT2D eigenvalue weighted by molar-refractivity contribution is 7.17. The highest BCUT2D eigenvalue weighted by Crippen LogP contribution is 2.39. The molecule has 1 aliphatic carbocycles. The number of nitriles is 1. The van der Waals surface area contributed by atoms with Crippen molar-refractivity contribution < 1.29 is 9.53 Å². The van der Waals surface area contributed by atoms with Crippen LogP contribution in [0.3, 0.4) is 0 Å². The summed E-state index contributed by atoms with van der Waals surface area (Å²) < 4.78 is 4.85. The van der Waals surface area contributed by atoms with Crippen molar-refractivity contribution >= 4 is 17.3 Å². The summed E-state index contributed by atoms with van der Waals surface area (Å²) in [6.07, 6.45) is 1.96. The molecule has 19 heavy (non-hydrogen) atoms. The third-order valence-corrected chi connectivity index (χ3v) is 4.39. The summed E-state index contributed by atoms with van der Waals surface area (Å²) in [6, 6.07) is 12.0. The van der Waals surface area contributed by atoms with Crippen LogP contribution in [0.15, 0.2) is 30.3 Å². The first-order chi connectivity index (χ1) is 9.29. The van der Waals surface area contributed by atoms with E-state index in [2.05, 4.69) is 12.1 Å². The van der Waals surface area contributed by atoms with Gasteiger partial charge in [0, 0.05) is 4.88 Å². The van der Waals surface area contributed by atoms with Crippen LogP contribution < -0.4 is 0 Å². The molecule has 0 aliphatic heterocycles. The number of thiophene rings is 1. The molecule has 2 aromatic rings. The predicted octanol–water partition coefficient (Wildman–Crippen LogP) is 3.19. The zero-order chi connectivity index (χ0) is 13.2.